The fourth-order valence-corrected chi connectivity index (χ4v) is 1.83. The summed E-state index contributed by atoms with van der Waals surface area (Å²) in [4.78, 5) is 2.63. The molecule has 1 heterocycles. The summed E-state index contributed by atoms with van der Waals surface area (Å²) in [6, 6.07) is 0.946. The van der Waals surface area contributed by atoms with E-state index >= 15 is 0 Å². The van der Waals surface area contributed by atoms with E-state index in [9.17, 15) is 0 Å². The maximum atomic E-state index is 3.37. The molecule has 0 bridgehead atoms. The molecule has 2 heteroatoms. The molecule has 1 aliphatic carbocycles. The summed E-state index contributed by atoms with van der Waals surface area (Å²) in [6.45, 7) is 7.29. The SMILES string of the molecule is CC1CC1N1CCNCC1. The summed E-state index contributed by atoms with van der Waals surface area (Å²) in [5.41, 5.74) is 0. The molecular formula is C8H16N2. The lowest BCUT2D eigenvalue weighted by molar-refractivity contribution is 0.223. The first-order valence-corrected chi connectivity index (χ1v) is 4.32. The van der Waals surface area contributed by atoms with Gasteiger partial charge in [-0.1, -0.05) is 6.92 Å². The molecule has 0 spiro atoms. The molecular weight excluding hydrogens is 124 g/mol. The Kier molecular flexibility index (Phi) is 1.66. The number of nitrogens with zero attached hydrogens (tertiary/aromatic N) is 1. The van der Waals surface area contributed by atoms with Crippen molar-refractivity contribution in [2.75, 3.05) is 26.2 Å². The monoisotopic (exact) mass is 140 g/mol. The number of piperazine rings is 1. The van der Waals surface area contributed by atoms with Crippen LogP contribution in [0.1, 0.15) is 13.3 Å². The molecule has 2 rings (SSSR count). The molecule has 58 valence electrons. The van der Waals surface area contributed by atoms with Crippen LogP contribution >= 0.6 is 0 Å². The van der Waals surface area contributed by atoms with E-state index in [0.717, 1.165) is 12.0 Å². The lowest BCUT2D eigenvalue weighted by Crippen LogP contribution is -2.44. The molecule has 1 saturated carbocycles. The van der Waals surface area contributed by atoms with E-state index in [-0.39, 0.29) is 0 Å². The van der Waals surface area contributed by atoms with Gasteiger partial charge >= 0.3 is 0 Å². The predicted molar refractivity (Wildman–Crippen MR) is 42.0 cm³/mol. The lowest BCUT2D eigenvalue weighted by Gasteiger charge is -2.27. The van der Waals surface area contributed by atoms with Crippen LogP contribution in [0.5, 0.6) is 0 Å². The first-order chi connectivity index (χ1) is 4.88. The van der Waals surface area contributed by atoms with Crippen LogP contribution in [0, 0.1) is 5.92 Å². The maximum Gasteiger partial charge on any atom is 0.0126 e. The third-order valence-corrected chi connectivity index (χ3v) is 2.69. The third-order valence-electron chi connectivity index (χ3n) is 2.69. The predicted octanol–water partition coefficient (Wildman–Crippen LogP) is 0.300. The van der Waals surface area contributed by atoms with Gasteiger partial charge < -0.3 is 5.32 Å². The highest BCUT2D eigenvalue weighted by Crippen LogP contribution is 2.34. The number of hydrogen-bond acceptors (Lipinski definition) is 2. The van der Waals surface area contributed by atoms with Gasteiger partial charge in [0.1, 0.15) is 0 Å². The van der Waals surface area contributed by atoms with Gasteiger partial charge in [0.15, 0.2) is 0 Å². The zero-order chi connectivity index (χ0) is 6.97. The second-order valence-corrected chi connectivity index (χ2v) is 3.57. The van der Waals surface area contributed by atoms with Crippen molar-refractivity contribution < 1.29 is 0 Å². The highest BCUT2D eigenvalue weighted by Gasteiger charge is 2.37. The standard InChI is InChI=1S/C8H16N2/c1-7-6-8(7)10-4-2-9-3-5-10/h7-9H,2-6H2,1H3. The molecule has 2 aliphatic rings. The molecule has 0 aromatic rings. The van der Waals surface area contributed by atoms with Gasteiger partial charge in [-0.2, -0.15) is 0 Å². The van der Waals surface area contributed by atoms with Crippen LogP contribution in [0.2, 0.25) is 0 Å². The zero-order valence-electron chi connectivity index (χ0n) is 6.64. The van der Waals surface area contributed by atoms with Gasteiger partial charge in [0, 0.05) is 32.2 Å². The van der Waals surface area contributed by atoms with Crippen molar-refractivity contribution in [3.05, 3.63) is 0 Å². The minimum absolute atomic E-state index is 0.946. The molecule has 0 aromatic heterocycles. The smallest absolute Gasteiger partial charge is 0.0126 e. The normalized spacial score (nSPS) is 41.7. The van der Waals surface area contributed by atoms with Crippen molar-refractivity contribution in [1.29, 1.82) is 0 Å². The Bertz CT molecular complexity index is 118. The van der Waals surface area contributed by atoms with Gasteiger partial charge in [-0.25, -0.2) is 0 Å². The highest BCUT2D eigenvalue weighted by molar-refractivity contribution is 4.93. The zero-order valence-corrected chi connectivity index (χ0v) is 6.64. The molecule has 2 unspecified atom stereocenters. The summed E-state index contributed by atoms with van der Waals surface area (Å²) in [6.07, 6.45) is 1.44. The highest BCUT2D eigenvalue weighted by atomic mass is 15.2. The van der Waals surface area contributed by atoms with Crippen LogP contribution in [0.4, 0.5) is 0 Å². The van der Waals surface area contributed by atoms with Gasteiger partial charge in [0.2, 0.25) is 0 Å². The van der Waals surface area contributed by atoms with Crippen LogP contribution in [0.3, 0.4) is 0 Å². The average molecular weight is 140 g/mol. The molecule has 2 fully saturated rings. The van der Waals surface area contributed by atoms with Crippen LogP contribution in [0.15, 0.2) is 0 Å². The third kappa shape index (κ3) is 1.18. The Morgan fingerprint density at radius 3 is 2.40 bits per heavy atom. The Morgan fingerprint density at radius 1 is 1.30 bits per heavy atom. The Hall–Kier alpha value is -0.0800. The fourth-order valence-electron chi connectivity index (χ4n) is 1.83. The molecule has 0 radical (unpaired) electrons. The van der Waals surface area contributed by atoms with Gasteiger partial charge in [-0.15, -0.1) is 0 Å². The van der Waals surface area contributed by atoms with Crippen molar-refractivity contribution in [1.82, 2.24) is 10.2 Å². The molecule has 0 amide bonds. The van der Waals surface area contributed by atoms with E-state index in [1.165, 1.54) is 32.6 Å². The molecule has 0 aromatic carbocycles. The fraction of sp³-hybridized carbons (Fsp3) is 1.00. The van der Waals surface area contributed by atoms with E-state index in [4.69, 9.17) is 0 Å². The molecule has 1 aliphatic heterocycles. The minimum atomic E-state index is 0.946. The molecule has 10 heavy (non-hydrogen) atoms. The number of hydrogen-bond donors (Lipinski definition) is 1. The van der Waals surface area contributed by atoms with Crippen molar-refractivity contribution in [2.45, 2.75) is 19.4 Å². The van der Waals surface area contributed by atoms with Crippen LogP contribution in [-0.4, -0.2) is 37.1 Å². The van der Waals surface area contributed by atoms with Crippen molar-refractivity contribution in [2.24, 2.45) is 5.92 Å². The van der Waals surface area contributed by atoms with Crippen molar-refractivity contribution in [3.8, 4) is 0 Å². The van der Waals surface area contributed by atoms with Crippen LogP contribution in [-0.2, 0) is 0 Å². The molecule has 2 atom stereocenters. The summed E-state index contributed by atoms with van der Waals surface area (Å²) < 4.78 is 0. The number of rotatable bonds is 1. The van der Waals surface area contributed by atoms with Gasteiger partial charge in [-0.3, -0.25) is 4.90 Å². The van der Waals surface area contributed by atoms with Crippen molar-refractivity contribution in [3.63, 3.8) is 0 Å². The Balaban J connectivity index is 1.81. The first kappa shape index (κ1) is 6.62. The van der Waals surface area contributed by atoms with E-state index in [0.29, 0.717) is 0 Å². The Morgan fingerprint density at radius 2 is 1.90 bits per heavy atom. The number of nitrogens with one attached hydrogen (secondary N) is 1. The first-order valence-electron chi connectivity index (χ1n) is 4.32. The molecule has 2 nitrogen and oxygen atoms in total. The van der Waals surface area contributed by atoms with Gasteiger partial charge in [0.05, 0.1) is 0 Å². The minimum Gasteiger partial charge on any atom is -0.314 e. The second kappa shape index (κ2) is 2.51. The van der Waals surface area contributed by atoms with E-state index < -0.39 is 0 Å². The topological polar surface area (TPSA) is 15.3 Å². The summed E-state index contributed by atoms with van der Waals surface area (Å²) in [5, 5.41) is 3.37. The Labute approximate surface area is 62.6 Å². The van der Waals surface area contributed by atoms with E-state index in [2.05, 4.69) is 17.1 Å². The maximum absolute atomic E-state index is 3.37. The quantitative estimate of drug-likeness (QED) is 0.563. The van der Waals surface area contributed by atoms with Crippen LogP contribution in [0.25, 0.3) is 0 Å². The van der Waals surface area contributed by atoms with Crippen molar-refractivity contribution >= 4 is 0 Å². The van der Waals surface area contributed by atoms with Crippen LogP contribution < -0.4 is 5.32 Å². The van der Waals surface area contributed by atoms with E-state index in [1.807, 2.05) is 0 Å². The lowest BCUT2D eigenvalue weighted by atomic mass is 10.3. The van der Waals surface area contributed by atoms with Gasteiger partial charge in [-0.05, 0) is 12.3 Å². The summed E-state index contributed by atoms with van der Waals surface area (Å²) in [5.74, 6) is 0.984. The summed E-state index contributed by atoms with van der Waals surface area (Å²) >= 11 is 0. The largest absolute Gasteiger partial charge is 0.314 e. The second-order valence-electron chi connectivity index (χ2n) is 3.57. The molecule has 1 saturated heterocycles. The van der Waals surface area contributed by atoms with E-state index in [1.54, 1.807) is 0 Å². The summed E-state index contributed by atoms with van der Waals surface area (Å²) in [7, 11) is 0. The van der Waals surface area contributed by atoms with Gasteiger partial charge in [0.25, 0.3) is 0 Å². The average Bonchev–Trinajstić information content (AvgIpc) is 2.69. The molecule has 1 N–H and O–H groups in total.